The van der Waals surface area contributed by atoms with Gasteiger partial charge in [-0.2, -0.15) is 0 Å². The second kappa shape index (κ2) is 8.47. The molecule has 0 bridgehead atoms. The maximum Gasteiger partial charge on any atom is 0.407 e. The van der Waals surface area contributed by atoms with E-state index in [1.807, 2.05) is 30.3 Å². The predicted octanol–water partition coefficient (Wildman–Crippen LogP) is 4.08. The molecule has 6 heteroatoms. The summed E-state index contributed by atoms with van der Waals surface area (Å²) < 4.78 is 5.47. The van der Waals surface area contributed by atoms with Gasteiger partial charge in [-0.25, -0.2) is 4.79 Å². The molecule has 150 valence electrons. The average molecular weight is 392 g/mol. The Labute approximate surface area is 169 Å². The van der Waals surface area contributed by atoms with Gasteiger partial charge in [-0.15, -0.1) is 0 Å². The molecule has 2 aliphatic rings. The van der Waals surface area contributed by atoms with E-state index >= 15 is 0 Å². The molecule has 1 aliphatic carbocycles. The lowest BCUT2D eigenvalue weighted by Gasteiger charge is -2.27. The van der Waals surface area contributed by atoms with Crippen molar-refractivity contribution in [2.45, 2.75) is 44.2 Å². The Hall–Kier alpha value is -3.15. The van der Waals surface area contributed by atoms with Gasteiger partial charge in [0, 0.05) is 6.04 Å². The largest absolute Gasteiger partial charge is 0.447 e. The van der Waals surface area contributed by atoms with Crippen molar-refractivity contribution in [3.63, 3.8) is 0 Å². The number of imide groups is 1. The third kappa shape index (κ3) is 4.01. The van der Waals surface area contributed by atoms with Crippen molar-refractivity contribution in [1.82, 2.24) is 10.2 Å². The molecule has 0 aromatic heterocycles. The van der Waals surface area contributed by atoms with Gasteiger partial charge in [0.05, 0.1) is 17.2 Å². The number of nitrogens with one attached hydrogen (secondary N) is 1. The summed E-state index contributed by atoms with van der Waals surface area (Å²) >= 11 is 0. The molecule has 1 aliphatic heterocycles. The molecular weight excluding hydrogens is 368 g/mol. The van der Waals surface area contributed by atoms with Crippen LogP contribution in [0.3, 0.4) is 0 Å². The Morgan fingerprint density at radius 1 is 0.931 bits per heavy atom. The number of nitrogens with zero attached hydrogens (tertiary/aromatic N) is 1. The van der Waals surface area contributed by atoms with Crippen LogP contribution in [0.4, 0.5) is 4.79 Å². The molecule has 1 saturated carbocycles. The number of fused-ring (bicyclic) bond motifs is 1. The van der Waals surface area contributed by atoms with E-state index in [4.69, 9.17) is 4.74 Å². The molecule has 3 amide bonds. The highest BCUT2D eigenvalue weighted by atomic mass is 16.5. The highest BCUT2D eigenvalue weighted by Gasteiger charge is 2.40. The standard InChI is InChI=1S/C23H24N2O4/c26-21-18-13-7-8-14-19(18)22(27)25(21)20(16-9-3-1-4-10-16)15-29-23(28)24-17-11-5-2-6-12-17/h1,3-4,7-10,13-14,17,20H,2,5-6,11-12,15H2,(H,24,28)/t20-/m1/s1. The summed E-state index contributed by atoms with van der Waals surface area (Å²) in [6, 6.07) is 15.4. The Morgan fingerprint density at radius 2 is 1.52 bits per heavy atom. The van der Waals surface area contributed by atoms with E-state index in [0.29, 0.717) is 11.1 Å². The minimum absolute atomic E-state index is 0.0893. The van der Waals surface area contributed by atoms with Crippen LogP contribution in [0.15, 0.2) is 54.6 Å². The van der Waals surface area contributed by atoms with Gasteiger partial charge in [0.2, 0.25) is 0 Å². The summed E-state index contributed by atoms with van der Waals surface area (Å²) in [5.74, 6) is -0.730. The van der Waals surface area contributed by atoms with Gasteiger partial charge in [-0.05, 0) is 30.5 Å². The number of hydrogen-bond donors (Lipinski definition) is 1. The smallest absolute Gasteiger partial charge is 0.407 e. The first kappa shape index (κ1) is 19.2. The number of rotatable bonds is 5. The molecule has 1 fully saturated rings. The lowest BCUT2D eigenvalue weighted by molar-refractivity contribution is 0.0474. The first-order chi connectivity index (χ1) is 14.1. The van der Waals surface area contributed by atoms with Gasteiger partial charge >= 0.3 is 6.09 Å². The Bertz CT molecular complexity index is 871. The Kier molecular flexibility index (Phi) is 5.60. The molecule has 1 N–H and O–H groups in total. The van der Waals surface area contributed by atoms with Crippen LogP contribution in [0.1, 0.15) is 64.4 Å². The van der Waals surface area contributed by atoms with Gasteiger partial charge in [0.1, 0.15) is 6.61 Å². The highest BCUT2D eigenvalue weighted by Crippen LogP contribution is 2.31. The lowest BCUT2D eigenvalue weighted by atomic mass is 9.96. The van der Waals surface area contributed by atoms with Crippen molar-refractivity contribution in [2.24, 2.45) is 0 Å². The molecule has 29 heavy (non-hydrogen) atoms. The normalized spacial score (nSPS) is 17.7. The summed E-state index contributed by atoms with van der Waals surface area (Å²) in [7, 11) is 0. The number of benzene rings is 2. The van der Waals surface area contributed by atoms with Crippen LogP contribution < -0.4 is 5.32 Å². The average Bonchev–Trinajstić information content (AvgIpc) is 3.01. The van der Waals surface area contributed by atoms with E-state index in [2.05, 4.69) is 5.32 Å². The second-order valence-electron chi connectivity index (χ2n) is 7.53. The topological polar surface area (TPSA) is 75.7 Å². The van der Waals surface area contributed by atoms with E-state index in [0.717, 1.165) is 31.2 Å². The fraction of sp³-hybridized carbons (Fsp3) is 0.348. The summed E-state index contributed by atoms with van der Waals surface area (Å²) in [4.78, 5) is 39.4. The SMILES string of the molecule is O=C(NC1CCCCC1)OC[C@H](c1ccccc1)N1C(=O)c2ccccc2C1=O. The fourth-order valence-electron chi connectivity index (χ4n) is 4.10. The van der Waals surface area contributed by atoms with Crippen molar-refractivity contribution < 1.29 is 19.1 Å². The third-order valence-corrected chi connectivity index (χ3v) is 5.62. The predicted molar refractivity (Wildman–Crippen MR) is 107 cm³/mol. The lowest BCUT2D eigenvalue weighted by Crippen LogP contribution is -2.40. The van der Waals surface area contributed by atoms with Crippen molar-refractivity contribution in [2.75, 3.05) is 6.61 Å². The summed E-state index contributed by atoms with van der Waals surface area (Å²) in [6.07, 6.45) is 4.81. The van der Waals surface area contributed by atoms with Crippen molar-refractivity contribution in [3.05, 3.63) is 71.3 Å². The molecule has 2 aromatic rings. The molecule has 1 atom stereocenters. The first-order valence-corrected chi connectivity index (χ1v) is 10.1. The fourth-order valence-corrected chi connectivity index (χ4v) is 4.10. The number of alkyl carbamates (subject to hydrolysis) is 1. The molecule has 2 aromatic carbocycles. The quantitative estimate of drug-likeness (QED) is 0.778. The van der Waals surface area contributed by atoms with Gasteiger partial charge < -0.3 is 10.1 Å². The maximum atomic E-state index is 12.9. The number of amides is 3. The van der Waals surface area contributed by atoms with Crippen LogP contribution in [0.25, 0.3) is 0 Å². The molecule has 0 spiro atoms. The first-order valence-electron chi connectivity index (χ1n) is 10.1. The highest BCUT2D eigenvalue weighted by molar-refractivity contribution is 6.21. The van der Waals surface area contributed by atoms with Crippen LogP contribution in [-0.2, 0) is 4.74 Å². The zero-order valence-corrected chi connectivity index (χ0v) is 16.2. The van der Waals surface area contributed by atoms with Crippen molar-refractivity contribution in [1.29, 1.82) is 0 Å². The monoisotopic (exact) mass is 392 g/mol. The summed E-state index contributed by atoms with van der Waals surface area (Å²) in [5.41, 5.74) is 1.50. The Balaban J connectivity index is 1.51. The van der Waals surface area contributed by atoms with E-state index in [1.54, 1.807) is 24.3 Å². The van der Waals surface area contributed by atoms with E-state index < -0.39 is 12.1 Å². The minimum atomic E-state index is -0.680. The van der Waals surface area contributed by atoms with Crippen LogP contribution in [0.2, 0.25) is 0 Å². The number of carbonyl (C=O) groups is 3. The van der Waals surface area contributed by atoms with Crippen LogP contribution in [0, 0.1) is 0 Å². The zero-order chi connectivity index (χ0) is 20.2. The van der Waals surface area contributed by atoms with Crippen LogP contribution in [0.5, 0.6) is 0 Å². The van der Waals surface area contributed by atoms with Gasteiger partial charge in [-0.1, -0.05) is 61.7 Å². The number of ether oxygens (including phenoxy) is 1. The zero-order valence-electron chi connectivity index (χ0n) is 16.2. The maximum absolute atomic E-state index is 12.9. The van der Waals surface area contributed by atoms with Gasteiger partial charge in [0.15, 0.2) is 0 Å². The van der Waals surface area contributed by atoms with E-state index in [9.17, 15) is 14.4 Å². The van der Waals surface area contributed by atoms with Crippen LogP contribution >= 0.6 is 0 Å². The second-order valence-corrected chi connectivity index (χ2v) is 7.53. The molecule has 0 saturated heterocycles. The van der Waals surface area contributed by atoms with Crippen molar-refractivity contribution in [3.8, 4) is 0 Å². The van der Waals surface area contributed by atoms with E-state index in [1.165, 1.54) is 11.3 Å². The van der Waals surface area contributed by atoms with E-state index in [-0.39, 0.29) is 24.5 Å². The molecule has 0 radical (unpaired) electrons. The minimum Gasteiger partial charge on any atom is -0.447 e. The Morgan fingerprint density at radius 3 is 2.14 bits per heavy atom. The third-order valence-electron chi connectivity index (χ3n) is 5.62. The molecular formula is C23H24N2O4. The van der Waals surface area contributed by atoms with Crippen molar-refractivity contribution >= 4 is 17.9 Å². The molecule has 4 rings (SSSR count). The van der Waals surface area contributed by atoms with Gasteiger partial charge in [0.25, 0.3) is 11.8 Å². The summed E-state index contributed by atoms with van der Waals surface area (Å²) in [6.45, 7) is -0.0893. The summed E-state index contributed by atoms with van der Waals surface area (Å²) in [5, 5.41) is 2.91. The van der Waals surface area contributed by atoms with Crippen LogP contribution in [-0.4, -0.2) is 35.5 Å². The molecule has 0 unspecified atom stereocenters. The molecule has 6 nitrogen and oxygen atoms in total. The van der Waals surface area contributed by atoms with Gasteiger partial charge in [-0.3, -0.25) is 14.5 Å². The number of hydrogen-bond acceptors (Lipinski definition) is 4. The molecule has 1 heterocycles. The number of carbonyl (C=O) groups excluding carboxylic acids is 3.